The van der Waals surface area contributed by atoms with Gasteiger partial charge in [-0.25, -0.2) is 4.39 Å². The molecule has 0 saturated carbocycles. The Bertz CT molecular complexity index is 957. The molecule has 0 aliphatic carbocycles. The zero-order valence-electron chi connectivity index (χ0n) is 16.3. The highest BCUT2D eigenvalue weighted by molar-refractivity contribution is 5.99. The summed E-state index contributed by atoms with van der Waals surface area (Å²) in [5.41, 5.74) is 0.824. The van der Waals surface area contributed by atoms with Crippen LogP contribution in [0.4, 0.5) is 10.1 Å². The van der Waals surface area contributed by atoms with E-state index in [0.717, 1.165) is 11.6 Å². The third-order valence-electron chi connectivity index (χ3n) is 3.81. The molecular formula is C22H21FN2O5. The van der Waals surface area contributed by atoms with Crippen LogP contribution in [0.5, 0.6) is 0 Å². The van der Waals surface area contributed by atoms with Crippen LogP contribution < -0.4 is 10.6 Å². The maximum Gasteiger partial charge on any atom is 0.308 e. The third-order valence-corrected chi connectivity index (χ3v) is 3.81. The molecule has 8 heteroatoms. The van der Waals surface area contributed by atoms with Crippen molar-refractivity contribution < 1.29 is 28.3 Å². The Hall–Kier alpha value is -3.81. The molecule has 2 N–H and O–H groups in total. The van der Waals surface area contributed by atoms with Crippen LogP contribution in [0.1, 0.15) is 29.3 Å². The maximum atomic E-state index is 14.0. The van der Waals surface area contributed by atoms with Gasteiger partial charge in [-0.1, -0.05) is 30.3 Å². The van der Waals surface area contributed by atoms with Crippen LogP contribution >= 0.6 is 0 Å². The number of anilines is 1. The van der Waals surface area contributed by atoms with E-state index < -0.39 is 24.2 Å². The second-order valence-corrected chi connectivity index (χ2v) is 6.24. The highest BCUT2D eigenvalue weighted by Crippen LogP contribution is 2.15. The summed E-state index contributed by atoms with van der Waals surface area (Å²) >= 11 is 0. The first-order valence-corrected chi connectivity index (χ1v) is 9.12. The van der Waals surface area contributed by atoms with Crippen LogP contribution in [0.2, 0.25) is 0 Å². The standard InChI is InChI=1S/C22H21FN2O5/c1-15(26)25-17-8-9-18(19(23)13-17)20(27)14-30-22(29)11-12-24-21(28)10-7-16-5-3-2-4-6-16/h2-10,13H,11-12,14H2,1H3,(H,24,28)(H,25,26)/b10-7+. The van der Waals surface area contributed by atoms with Crippen LogP contribution in [0.15, 0.2) is 54.6 Å². The first-order chi connectivity index (χ1) is 14.3. The van der Waals surface area contributed by atoms with Crippen molar-refractivity contribution in [1.29, 1.82) is 0 Å². The summed E-state index contributed by atoms with van der Waals surface area (Å²) in [5.74, 6) is -3.00. The number of hydrogen-bond acceptors (Lipinski definition) is 5. The molecule has 0 fully saturated rings. The molecule has 2 rings (SSSR count). The first-order valence-electron chi connectivity index (χ1n) is 9.12. The molecule has 0 radical (unpaired) electrons. The number of ketones is 1. The van der Waals surface area contributed by atoms with Gasteiger partial charge in [0.1, 0.15) is 5.82 Å². The quantitative estimate of drug-likeness (QED) is 0.375. The molecule has 0 spiro atoms. The van der Waals surface area contributed by atoms with E-state index in [-0.39, 0.29) is 36.0 Å². The van der Waals surface area contributed by atoms with Crippen LogP contribution in [0, 0.1) is 5.82 Å². The summed E-state index contributed by atoms with van der Waals surface area (Å²) in [7, 11) is 0. The van der Waals surface area contributed by atoms with Gasteiger partial charge in [0.15, 0.2) is 6.61 Å². The number of rotatable bonds is 9. The van der Waals surface area contributed by atoms with Gasteiger partial charge in [-0.05, 0) is 29.8 Å². The minimum absolute atomic E-state index is 0.0325. The monoisotopic (exact) mass is 412 g/mol. The smallest absolute Gasteiger partial charge is 0.308 e. The van der Waals surface area contributed by atoms with E-state index in [0.29, 0.717) is 0 Å². The van der Waals surface area contributed by atoms with Crippen molar-refractivity contribution >= 4 is 35.3 Å². The van der Waals surface area contributed by atoms with Gasteiger partial charge in [-0.3, -0.25) is 19.2 Å². The number of ether oxygens (including phenoxy) is 1. The van der Waals surface area contributed by atoms with E-state index in [4.69, 9.17) is 4.74 Å². The van der Waals surface area contributed by atoms with Gasteiger partial charge in [0, 0.05) is 25.2 Å². The fourth-order valence-electron chi connectivity index (χ4n) is 2.40. The van der Waals surface area contributed by atoms with Gasteiger partial charge in [-0.2, -0.15) is 0 Å². The second kappa shape index (κ2) is 11.3. The highest BCUT2D eigenvalue weighted by Gasteiger charge is 2.15. The summed E-state index contributed by atoms with van der Waals surface area (Å²) in [4.78, 5) is 46.4. The minimum atomic E-state index is -0.834. The van der Waals surface area contributed by atoms with Crippen molar-refractivity contribution in [2.75, 3.05) is 18.5 Å². The van der Waals surface area contributed by atoms with Crippen LogP contribution in [-0.2, 0) is 19.1 Å². The number of esters is 1. The summed E-state index contributed by atoms with van der Waals surface area (Å²) in [6.07, 6.45) is 2.85. The van der Waals surface area contributed by atoms with E-state index in [2.05, 4.69) is 10.6 Å². The predicted molar refractivity (Wildman–Crippen MR) is 109 cm³/mol. The number of amides is 2. The molecule has 7 nitrogen and oxygen atoms in total. The van der Waals surface area contributed by atoms with Crippen LogP contribution in [0.3, 0.4) is 0 Å². The Labute approximate surface area is 172 Å². The molecular weight excluding hydrogens is 391 g/mol. The van der Waals surface area contributed by atoms with Crippen molar-refractivity contribution in [1.82, 2.24) is 5.32 Å². The lowest BCUT2D eigenvalue weighted by Gasteiger charge is -2.07. The molecule has 30 heavy (non-hydrogen) atoms. The Morgan fingerprint density at radius 3 is 2.47 bits per heavy atom. The van der Waals surface area contributed by atoms with Gasteiger partial charge in [0.2, 0.25) is 17.6 Å². The second-order valence-electron chi connectivity index (χ2n) is 6.24. The number of nitrogens with one attached hydrogen (secondary N) is 2. The van der Waals surface area contributed by atoms with Gasteiger partial charge in [-0.15, -0.1) is 0 Å². The Morgan fingerprint density at radius 2 is 1.80 bits per heavy atom. The molecule has 2 aromatic carbocycles. The van der Waals surface area contributed by atoms with Crippen molar-refractivity contribution in [3.8, 4) is 0 Å². The van der Waals surface area contributed by atoms with Crippen molar-refractivity contribution in [2.24, 2.45) is 0 Å². The summed E-state index contributed by atoms with van der Waals surface area (Å²) in [5, 5.41) is 4.93. The molecule has 0 bridgehead atoms. The number of benzene rings is 2. The lowest BCUT2D eigenvalue weighted by molar-refractivity contribution is -0.142. The lowest BCUT2D eigenvalue weighted by atomic mass is 10.1. The topological polar surface area (TPSA) is 102 Å². The van der Waals surface area contributed by atoms with E-state index in [9.17, 15) is 23.6 Å². The molecule has 0 aromatic heterocycles. The van der Waals surface area contributed by atoms with Crippen molar-refractivity contribution in [3.63, 3.8) is 0 Å². The maximum absolute atomic E-state index is 14.0. The van der Waals surface area contributed by atoms with Crippen LogP contribution in [-0.4, -0.2) is 36.7 Å². The van der Waals surface area contributed by atoms with E-state index in [1.165, 1.54) is 25.1 Å². The van der Waals surface area contributed by atoms with Crippen molar-refractivity contribution in [2.45, 2.75) is 13.3 Å². The molecule has 0 aliphatic rings. The molecule has 0 atom stereocenters. The fourth-order valence-corrected chi connectivity index (χ4v) is 2.40. The Kier molecular flexibility index (Phi) is 8.43. The average molecular weight is 412 g/mol. The molecule has 0 unspecified atom stereocenters. The van der Waals surface area contributed by atoms with Crippen LogP contribution in [0.25, 0.3) is 6.08 Å². The molecule has 2 amide bonds. The molecule has 0 heterocycles. The lowest BCUT2D eigenvalue weighted by Crippen LogP contribution is -2.25. The molecule has 0 saturated heterocycles. The zero-order chi connectivity index (χ0) is 21.9. The van der Waals surface area contributed by atoms with E-state index in [1.54, 1.807) is 6.08 Å². The number of carbonyl (C=O) groups excluding carboxylic acids is 4. The van der Waals surface area contributed by atoms with E-state index >= 15 is 0 Å². The van der Waals surface area contributed by atoms with Gasteiger partial charge in [0.25, 0.3) is 0 Å². The average Bonchev–Trinajstić information content (AvgIpc) is 2.71. The first kappa shape index (κ1) is 22.5. The highest BCUT2D eigenvalue weighted by atomic mass is 19.1. The zero-order valence-corrected chi connectivity index (χ0v) is 16.3. The summed E-state index contributed by atoms with van der Waals surface area (Å²) in [6, 6.07) is 12.8. The third kappa shape index (κ3) is 7.67. The van der Waals surface area contributed by atoms with E-state index in [1.807, 2.05) is 30.3 Å². The minimum Gasteiger partial charge on any atom is -0.457 e. The number of carbonyl (C=O) groups is 4. The summed E-state index contributed by atoms with van der Waals surface area (Å²) in [6.45, 7) is 0.681. The number of halogens is 1. The largest absolute Gasteiger partial charge is 0.457 e. The number of Topliss-reactive ketones (excluding diaryl/α,β-unsaturated/α-hetero) is 1. The van der Waals surface area contributed by atoms with Gasteiger partial charge < -0.3 is 15.4 Å². The van der Waals surface area contributed by atoms with Crippen molar-refractivity contribution in [3.05, 3.63) is 71.6 Å². The fraction of sp³-hybridized carbons (Fsp3) is 0.182. The van der Waals surface area contributed by atoms with Gasteiger partial charge >= 0.3 is 5.97 Å². The Balaban J connectivity index is 1.72. The molecule has 0 aliphatic heterocycles. The number of hydrogen-bond donors (Lipinski definition) is 2. The molecule has 2 aromatic rings. The predicted octanol–water partition coefficient (Wildman–Crippen LogP) is 2.73. The normalized spacial score (nSPS) is 10.5. The van der Waals surface area contributed by atoms with Gasteiger partial charge in [0.05, 0.1) is 12.0 Å². The summed E-state index contributed by atoms with van der Waals surface area (Å²) < 4.78 is 18.8. The molecule has 156 valence electrons. The SMILES string of the molecule is CC(=O)Nc1ccc(C(=O)COC(=O)CCNC(=O)/C=C/c2ccccc2)c(F)c1. The Morgan fingerprint density at radius 1 is 1.07 bits per heavy atom.